The number of terminal acetylenes is 1. The lowest BCUT2D eigenvalue weighted by Crippen LogP contribution is -2.51. The van der Waals surface area contributed by atoms with Crippen molar-refractivity contribution < 1.29 is 14.2 Å². The van der Waals surface area contributed by atoms with Crippen LogP contribution in [0, 0.1) is 12.3 Å². The van der Waals surface area contributed by atoms with E-state index in [2.05, 4.69) is 27.1 Å². The van der Waals surface area contributed by atoms with Crippen LogP contribution < -0.4 is 15.0 Å². The van der Waals surface area contributed by atoms with Gasteiger partial charge in [0.15, 0.2) is 0 Å². The molecular weight excluding hydrogens is 535 g/mol. The molecule has 4 aliphatic rings. The molecule has 8 heteroatoms. The summed E-state index contributed by atoms with van der Waals surface area (Å²) >= 11 is 1.67. The molecule has 4 aromatic rings. The topological polar surface area (TPSA) is 60.9 Å². The van der Waals surface area contributed by atoms with Crippen LogP contribution in [0.4, 0.5) is 10.2 Å². The number of nitrogens with zero attached hydrogens (tertiary/aromatic N) is 3. The summed E-state index contributed by atoms with van der Waals surface area (Å²) in [6.07, 6.45) is 10.1. The first-order valence-electron chi connectivity index (χ1n) is 14.7. The molecule has 0 radical (unpaired) electrons. The number of thiophene rings is 1. The van der Waals surface area contributed by atoms with E-state index < -0.39 is 6.17 Å². The molecule has 2 aromatic carbocycles. The fourth-order valence-corrected chi connectivity index (χ4v) is 8.90. The van der Waals surface area contributed by atoms with Crippen molar-refractivity contribution in [2.75, 3.05) is 37.7 Å². The van der Waals surface area contributed by atoms with Crippen molar-refractivity contribution in [3.05, 3.63) is 48.0 Å². The van der Waals surface area contributed by atoms with Gasteiger partial charge in [-0.1, -0.05) is 18.1 Å². The Bertz CT molecular complexity index is 1700. The number of rotatable bonds is 5. The lowest BCUT2D eigenvalue weighted by Gasteiger charge is -2.34. The molecule has 0 aliphatic carbocycles. The predicted molar refractivity (Wildman–Crippen MR) is 163 cm³/mol. The third-order valence-electron chi connectivity index (χ3n) is 9.62. The summed E-state index contributed by atoms with van der Waals surface area (Å²) in [5.74, 6) is 4.58. The van der Waals surface area contributed by atoms with Gasteiger partial charge in [0.05, 0.1) is 5.54 Å². The first-order chi connectivity index (χ1) is 20.0. The number of phenolic OH excluding ortho intramolecular Hbond substituents is 1. The number of halogens is 1. The normalized spacial score (nSPS) is 27.5. The van der Waals surface area contributed by atoms with E-state index in [1.165, 1.54) is 12.8 Å². The summed E-state index contributed by atoms with van der Waals surface area (Å²) in [7, 11) is 0. The molecule has 0 saturated carbocycles. The Kier molecular flexibility index (Phi) is 5.92. The third kappa shape index (κ3) is 4.25. The molecule has 2 bridgehead atoms. The van der Waals surface area contributed by atoms with Gasteiger partial charge in [-0.3, -0.25) is 4.90 Å². The van der Waals surface area contributed by atoms with Crippen molar-refractivity contribution >= 4 is 38.0 Å². The summed E-state index contributed by atoms with van der Waals surface area (Å²) in [6, 6.07) is 14.6. The average molecular weight is 569 g/mol. The molecule has 8 rings (SSSR count). The number of hydrogen-bond acceptors (Lipinski definition) is 7. The van der Waals surface area contributed by atoms with E-state index in [0.717, 1.165) is 75.2 Å². The molecule has 210 valence electrons. The van der Waals surface area contributed by atoms with Crippen molar-refractivity contribution in [3.63, 3.8) is 0 Å². The Morgan fingerprint density at radius 2 is 2.02 bits per heavy atom. The van der Waals surface area contributed by atoms with Gasteiger partial charge in [-0.2, -0.15) is 4.98 Å². The first kappa shape index (κ1) is 25.3. The van der Waals surface area contributed by atoms with Crippen LogP contribution in [0.3, 0.4) is 0 Å². The Morgan fingerprint density at radius 3 is 2.85 bits per heavy atom. The van der Waals surface area contributed by atoms with E-state index in [4.69, 9.17) is 16.1 Å². The molecule has 41 heavy (non-hydrogen) atoms. The summed E-state index contributed by atoms with van der Waals surface area (Å²) in [4.78, 5) is 10.8. The fraction of sp³-hybridized carbons (Fsp3) is 0.424. The monoisotopic (exact) mass is 568 g/mol. The van der Waals surface area contributed by atoms with Crippen LogP contribution in [0.5, 0.6) is 11.6 Å². The number of aromatic nitrogens is 1. The van der Waals surface area contributed by atoms with Gasteiger partial charge in [-0.15, -0.1) is 17.8 Å². The van der Waals surface area contributed by atoms with Crippen LogP contribution in [-0.4, -0.2) is 71.6 Å². The minimum atomic E-state index is -0.786. The van der Waals surface area contributed by atoms with E-state index in [-0.39, 0.29) is 11.3 Å². The van der Waals surface area contributed by atoms with Crippen molar-refractivity contribution in [3.8, 4) is 34.4 Å². The second-order valence-electron chi connectivity index (χ2n) is 12.3. The minimum absolute atomic E-state index is 0.211. The summed E-state index contributed by atoms with van der Waals surface area (Å²) in [6.45, 7) is 3.72. The van der Waals surface area contributed by atoms with Crippen LogP contribution in [-0.2, 0) is 0 Å². The van der Waals surface area contributed by atoms with Crippen LogP contribution in [0.2, 0.25) is 0 Å². The number of fused-ring (bicyclic) bond motifs is 5. The van der Waals surface area contributed by atoms with Gasteiger partial charge in [0.25, 0.3) is 0 Å². The summed E-state index contributed by atoms with van der Waals surface area (Å²) < 4.78 is 22.0. The molecule has 6 nitrogen and oxygen atoms in total. The molecule has 0 spiro atoms. The highest BCUT2D eigenvalue weighted by Gasteiger charge is 2.49. The number of pyridine rings is 1. The molecule has 2 N–H and O–H groups in total. The van der Waals surface area contributed by atoms with E-state index in [1.807, 2.05) is 30.3 Å². The zero-order valence-electron chi connectivity index (χ0n) is 22.9. The molecule has 0 amide bonds. The molecule has 4 saturated heterocycles. The van der Waals surface area contributed by atoms with Gasteiger partial charge >= 0.3 is 0 Å². The summed E-state index contributed by atoms with van der Waals surface area (Å²) in [5, 5.41) is 17.3. The highest BCUT2D eigenvalue weighted by atomic mass is 32.1. The number of piperazine rings is 1. The molecular formula is C33H33FN4O2S. The van der Waals surface area contributed by atoms with Crippen LogP contribution in [0.25, 0.3) is 31.3 Å². The molecule has 4 atom stereocenters. The lowest BCUT2D eigenvalue weighted by atomic mass is 9.95. The molecule has 6 heterocycles. The summed E-state index contributed by atoms with van der Waals surface area (Å²) in [5.41, 5.74) is 1.50. The van der Waals surface area contributed by atoms with E-state index in [9.17, 15) is 9.50 Å². The van der Waals surface area contributed by atoms with Gasteiger partial charge in [-0.05, 0) is 61.9 Å². The zero-order valence-corrected chi connectivity index (χ0v) is 23.7. The van der Waals surface area contributed by atoms with Gasteiger partial charge < -0.3 is 20.1 Å². The lowest BCUT2D eigenvalue weighted by molar-refractivity contribution is 0.111. The Balaban J connectivity index is 1.23. The maximum Gasteiger partial charge on any atom is 0.216 e. The number of ether oxygens (including phenoxy) is 1. The van der Waals surface area contributed by atoms with Crippen molar-refractivity contribution in [2.45, 2.75) is 55.9 Å². The highest BCUT2D eigenvalue weighted by Crippen LogP contribution is 2.45. The number of alkyl halides is 1. The molecule has 2 aromatic heterocycles. The molecule has 3 unspecified atom stereocenters. The molecule has 4 aliphatic heterocycles. The van der Waals surface area contributed by atoms with Gasteiger partial charge in [0.2, 0.25) is 5.88 Å². The van der Waals surface area contributed by atoms with Gasteiger partial charge in [0.1, 0.15) is 24.3 Å². The standard InChI is InChI=1S/C33H33FN4O2S/c1-2-20-5-3-6-21-11-25(39)12-26(31(20)21)28-13-27-29(41-28)14-30(36-32(27)37-17-23-7-8-24(18-37)35-23)40-19-33-9-4-10-38(33)16-22(34)15-33/h1,3,5-6,11-14,22-24,35,39H,4,7-10,15-19H2/t22?,23?,24?,33-/m0/s1. The average Bonchev–Trinajstić information content (AvgIpc) is 3.72. The van der Waals surface area contributed by atoms with Crippen molar-refractivity contribution in [1.29, 1.82) is 0 Å². The van der Waals surface area contributed by atoms with Crippen molar-refractivity contribution in [1.82, 2.24) is 15.2 Å². The zero-order chi connectivity index (χ0) is 27.7. The SMILES string of the molecule is C#Cc1cccc2cc(O)cc(-c3cc4c(N5CC6CCC(C5)N6)nc(OC[C@@]56CCCN5CC(F)C6)cc4s3)c12. The van der Waals surface area contributed by atoms with Crippen LogP contribution >= 0.6 is 11.3 Å². The molecule has 4 fully saturated rings. The number of hydrogen-bond donors (Lipinski definition) is 2. The van der Waals surface area contributed by atoms with E-state index in [1.54, 1.807) is 17.4 Å². The maximum atomic E-state index is 14.4. The fourth-order valence-electron chi connectivity index (χ4n) is 7.80. The number of aromatic hydroxyl groups is 1. The largest absolute Gasteiger partial charge is 0.508 e. The number of phenols is 1. The number of benzene rings is 2. The van der Waals surface area contributed by atoms with Crippen molar-refractivity contribution in [2.24, 2.45) is 0 Å². The van der Waals surface area contributed by atoms with E-state index in [0.29, 0.717) is 37.5 Å². The quantitative estimate of drug-likeness (QED) is 0.301. The predicted octanol–water partition coefficient (Wildman–Crippen LogP) is 5.70. The van der Waals surface area contributed by atoms with Crippen LogP contribution in [0.1, 0.15) is 37.7 Å². The Morgan fingerprint density at radius 1 is 1.17 bits per heavy atom. The highest BCUT2D eigenvalue weighted by molar-refractivity contribution is 7.22. The van der Waals surface area contributed by atoms with Gasteiger partial charge in [0, 0.05) is 75.7 Å². The first-order valence-corrected chi connectivity index (χ1v) is 15.5. The van der Waals surface area contributed by atoms with E-state index >= 15 is 0 Å². The maximum absolute atomic E-state index is 14.4. The van der Waals surface area contributed by atoms with Crippen LogP contribution in [0.15, 0.2) is 42.5 Å². The Hall–Kier alpha value is -3.38. The Labute approximate surface area is 243 Å². The second kappa shape index (κ2) is 9.59. The number of nitrogens with one attached hydrogen (secondary N) is 1. The second-order valence-corrected chi connectivity index (χ2v) is 13.3. The smallest absolute Gasteiger partial charge is 0.216 e. The minimum Gasteiger partial charge on any atom is -0.508 e. The third-order valence-corrected chi connectivity index (χ3v) is 10.7. The van der Waals surface area contributed by atoms with Gasteiger partial charge in [-0.25, -0.2) is 4.39 Å². The number of anilines is 1.